The molecule has 3 amide bonds. The van der Waals surface area contributed by atoms with E-state index in [-0.39, 0.29) is 24.5 Å². The highest BCUT2D eigenvalue weighted by atomic mass is 16.4. The molecule has 0 radical (unpaired) electrons. The highest BCUT2D eigenvalue weighted by Gasteiger charge is 2.32. The lowest BCUT2D eigenvalue weighted by atomic mass is 9.96. The third kappa shape index (κ3) is 11.1. The summed E-state index contributed by atoms with van der Waals surface area (Å²) in [6.07, 6.45) is 0.920. The molecule has 0 aromatic heterocycles. The van der Waals surface area contributed by atoms with Crippen molar-refractivity contribution in [1.29, 1.82) is 0 Å². The maximum absolute atomic E-state index is 13.2. The van der Waals surface area contributed by atoms with Crippen LogP contribution in [0.2, 0.25) is 0 Å². The molecule has 0 aliphatic heterocycles. The lowest BCUT2D eigenvalue weighted by molar-refractivity contribution is -0.147. The number of aromatic hydroxyl groups is 1. The molecule has 1 rings (SSSR count). The summed E-state index contributed by atoms with van der Waals surface area (Å²) in [5.74, 6) is -5.32. The third-order valence-electron chi connectivity index (χ3n) is 6.10. The van der Waals surface area contributed by atoms with Crippen molar-refractivity contribution in [2.45, 2.75) is 76.5 Å². The van der Waals surface area contributed by atoms with Gasteiger partial charge >= 0.3 is 11.9 Å². The number of unbranched alkanes of at least 4 members (excludes halogenated alkanes) is 1. The van der Waals surface area contributed by atoms with Crippen LogP contribution in [0.15, 0.2) is 24.3 Å². The zero-order valence-corrected chi connectivity index (χ0v) is 21.7. The van der Waals surface area contributed by atoms with Crippen LogP contribution in [0, 0.1) is 5.92 Å². The first-order valence-electron chi connectivity index (χ1n) is 12.5. The van der Waals surface area contributed by atoms with Crippen molar-refractivity contribution in [2.75, 3.05) is 6.54 Å². The van der Waals surface area contributed by atoms with Gasteiger partial charge in [-0.15, -0.1) is 0 Å². The quantitative estimate of drug-likeness (QED) is 0.118. The molecule has 38 heavy (non-hydrogen) atoms. The van der Waals surface area contributed by atoms with Crippen LogP contribution >= 0.6 is 0 Å². The first-order valence-corrected chi connectivity index (χ1v) is 12.5. The fourth-order valence-corrected chi connectivity index (χ4v) is 3.61. The Bertz CT molecular complexity index is 956. The van der Waals surface area contributed by atoms with Gasteiger partial charge in [0.05, 0.1) is 12.5 Å². The molecule has 0 aliphatic carbocycles. The number of nitrogens with two attached hydrogens (primary N) is 2. The molecule has 0 spiro atoms. The fraction of sp³-hybridized carbons (Fsp3) is 0.560. The summed E-state index contributed by atoms with van der Waals surface area (Å²) in [6, 6.07) is 1.29. The summed E-state index contributed by atoms with van der Waals surface area (Å²) in [5.41, 5.74) is 12.3. The predicted octanol–water partition coefficient (Wildman–Crippen LogP) is -0.549. The lowest BCUT2D eigenvalue weighted by Gasteiger charge is -2.28. The Morgan fingerprint density at radius 3 is 2.03 bits per heavy atom. The van der Waals surface area contributed by atoms with Gasteiger partial charge in [-0.05, 0) is 55.8 Å². The van der Waals surface area contributed by atoms with E-state index < -0.39 is 60.2 Å². The van der Waals surface area contributed by atoms with E-state index in [1.807, 2.05) is 6.92 Å². The number of hydrogen-bond donors (Lipinski definition) is 8. The van der Waals surface area contributed by atoms with Crippen molar-refractivity contribution >= 4 is 29.7 Å². The van der Waals surface area contributed by atoms with E-state index >= 15 is 0 Å². The van der Waals surface area contributed by atoms with Crippen LogP contribution in [-0.2, 0) is 30.4 Å². The maximum atomic E-state index is 13.2. The van der Waals surface area contributed by atoms with Crippen LogP contribution in [0.4, 0.5) is 0 Å². The lowest BCUT2D eigenvalue weighted by Crippen LogP contribution is -2.58. The molecule has 13 nitrogen and oxygen atoms in total. The van der Waals surface area contributed by atoms with Crippen LogP contribution in [-0.4, -0.2) is 75.7 Å². The highest BCUT2D eigenvalue weighted by Crippen LogP contribution is 2.13. The van der Waals surface area contributed by atoms with Crippen LogP contribution in [0.25, 0.3) is 0 Å². The van der Waals surface area contributed by atoms with Gasteiger partial charge in [0.1, 0.15) is 23.9 Å². The number of benzene rings is 1. The molecule has 0 saturated carbocycles. The van der Waals surface area contributed by atoms with E-state index in [9.17, 15) is 34.2 Å². The Morgan fingerprint density at radius 2 is 1.50 bits per heavy atom. The molecule has 0 saturated heterocycles. The standard InChI is InChI=1S/C25H39N5O8/c1-3-14(2)21(30-22(34)17(27)12-15-7-9-16(31)10-8-15)24(36)28-18(6-4-5-11-26)23(35)29-19(25(37)38)13-20(32)33/h7-10,14,17-19,21,31H,3-6,11-13,26-27H2,1-2H3,(H,28,36)(H,29,35)(H,30,34)(H,32,33)(H,37,38). The number of phenols is 1. The van der Waals surface area contributed by atoms with Gasteiger partial charge in [0.2, 0.25) is 17.7 Å². The van der Waals surface area contributed by atoms with Crippen molar-refractivity contribution < 1.29 is 39.3 Å². The molecular weight excluding hydrogens is 498 g/mol. The number of carboxylic acid groups (broad SMARTS) is 2. The molecule has 1 aromatic carbocycles. The summed E-state index contributed by atoms with van der Waals surface area (Å²) in [5, 5.41) is 35.0. The van der Waals surface area contributed by atoms with E-state index in [1.54, 1.807) is 19.1 Å². The fourth-order valence-electron chi connectivity index (χ4n) is 3.61. The van der Waals surface area contributed by atoms with E-state index in [1.165, 1.54) is 12.1 Å². The van der Waals surface area contributed by atoms with Gasteiger partial charge in [-0.25, -0.2) is 4.79 Å². The van der Waals surface area contributed by atoms with Crippen molar-refractivity contribution in [3.05, 3.63) is 29.8 Å². The van der Waals surface area contributed by atoms with Crippen molar-refractivity contribution in [1.82, 2.24) is 16.0 Å². The maximum Gasteiger partial charge on any atom is 0.326 e. The minimum absolute atomic E-state index is 0.0722. The molecule has 212 valence electrons. The average Bonchev–Trinajstić information content (AvgIpc) is 2.86. The Kier molecular flexibility index (Phi) is 13.8. The van der Waals surface area contributed by atoms with Crippen LogP contribution in [0.3, 0.4) is 0 Å². The van der Waals surface area contributed by atoms with E-state index in [2.05, 4.69) is 16.0 Å². The van der Waals surface area contributed by atoms with Crippen molar-refractivity contribution in [3.8, 4) is 5.75 Å². The van der Waals surface area contributed by atoms with Crippen LogP contribution in [0.1, 0.15) is 51.5 Å². The normalized spacial score (nSPS) is 14.8. The third-order valence-corrected chi connectivity index (χ3v) is 6.10. The summed E-state index contributed by atoms with van der Waals surface area (Å²) < 4.78 is 0. The summed E-state index contributed by atoms with van der Waals surface area (Å²) >= 11 is 0. The molecule has 10 N–H and O–H groups in total. The van der Waals surface area contributed by atoms with E-state index in [0.29, 0.717) is 31.4 Å². The monoisotopic (exact) mass is 537 g/mol. The minimum Gasteiger partial charge on any atom is -0.508 e. The SMILES string of the molecule is CCC(C)C(NC(=O)C(N)Cc1ccc(O)cc1)C(=O)NC(CCCCN)C(=O)NC(CC(=O)O)C(=O)O. The number of nitrogens with one attached hydrogen (secondary N) is 3. The Hall–Kier alpha value is -3.71. The van der Waals surface area contributed by atoms with Crippen LogP contribution < -0.4 is 27.4 Å². The zero-order chi connectivity index (χ0) is 28.8. The number of amides is 3. The summed E-state index contributed by atoms with van der Waals surface area (Å²) in [4.78, 5) is 61.3. The largest absolute Gasteiger partial charge is 0.508 e. The smallest absolute Gasteiger partial charge is 0.326 e. The molecular formula is C25H39N5O8. The van der Waals surface area contributed by atoms with Gasteiger partial charge in [0.15, 0.2) is 0 Å². The second kappa shape index (κ2) is 16.2. The first kappa shape index (κ1) is 32.3. The molecule has 0 heterocycles. The number of carbonyl (C=O) groups is 5. The molecule has 0 aliphatic rings. The number of phenolic OH excluding ortho intramolecular Hbond substituents is 1. The second-order valence-corrected chi connectivity index (χ2v) is 9.19. The second-order valence-electron chi connectivity index (χ2n) is 9.19. The van der Waals surface area contributed by atoms with Crippen LogP contribution in [0.5, 0.6) is 5.75 Å². The number of aliphatic carboxylic acids is 2. The summed E-state index contributed by atoms with van der Waals surface area (Å²) in [6.45, 7) is 3.90. The van der Waals surface area contributed by atoms with E-state index in [4.69, 9.17) is 16.6 Å². The Balaban J connectivity index is 3.00. The predicted molar refractivity (Wildman–Crippen MR) is 138 cm³/mol. The van der Waals surface area contributed by atoms with Crippen molar-refractivity contribution in [2.24, 2.45) is 17.4 Å². The average molecular weight is 538 g/mol. The Labute approximate surface area is 221 Å². The molecule has 1 aromatic rings. The number of hydrogen-bond acceptors (Lipinski definition) is 8. The number of carbonyl (C=O) groups excluding carboxylic acids is 3. The summed E-state index contributed by atoms with van der Waals surface area (Å²) in [7, 11) is 0. The highest BCUT2D eigenvalue weighted by molar-refractivity contribution is 5.94. The van der Waals surface area contributed by atoms with Gasteiger partial charge < -0.3 is 42.7 Å². The van der Waals surface area contributed by atoms with Gasteiger partial charge in [-0.3, -0.25) is 19.2 Å². The van der Waals surface area contributed by atoms with Gasteiger partial charge in [0, 0.05) is 0 Å². The van der Waals surface area contributed by atoms with Gasteiger partial charge in [-0.1, -0.05) is 32.4 Å². The Morgan fingerprint density at radius 1 is 0.895 bits per heavy atom. The van der Waals surface area contributed by atoms with Gasteiger partial charge in [0.25, 0.3) is 0 Å². The molecule has 5 atom stereocenters. The topological polar surface area (TPSA) is 234 Å². The first-order chi connectivity index (χ1) is 17.9. The van der Waals surface area contributed by atoms with Gasteiger partial charge in [-0.2, -0.15) is 0 Å². The number of rotatable bonds is 17. The zero-order valence-electron chi connectivity index (χ0n) is 21.7. The van der Waals surface area contributed by atoms with E-state index in [0.717, 1.165) is 0 Å². The van der Waals surface area contributed by atoms with Crippen molar-refractivity contribution in [3.63, 3.8) is 0 Å². The molecule has 13 heteroatoms. The number of carboxylic acids is 2. The minimum atomic E-state index is -1.68. The molecule has 0 fully saturated rings. The molecule has 0 bridgehead atoms. The molecule has 5 unspecified atom stereocenters.